The highest BCUT2D eigenvalue weighted by Crippen LogP contribution is 2.08. The number of nitrogens with zero attached hydrogens (tertiary/aromatic N) is 1. The van der Waals surface area contributed by atoms with E-state index in [4.69, 9.17) is 0 Å². The standard InChI is InChI=1S/C16H22BrN3O/c17-15-8-6-14(7-9-15)12-18-19-16(21)13-20-10-4-2-1-3-5-11-20/h6-9,12H,1-5,10-11,13H2,(H,19,21)/p+1/b18-12-. The number of likely N-dealkylation sites (tertiary alicyclic amines) is 1. The Morgan fingerprint density at radius 1 is 1.14 bits per heavy atom. The number of rotatable bonds is 4. The number of hydrazone groups is 1. The van der Waals surface area contributed by atoms with Crippen molar-refractivity contribution in [3.63, 3.8) is 0 Å². The molecular weight excluding hydrogens is 330 g/mol. The molecule has 1 amide bonds. The van der Waals surface area contributed by atoms with Gasteiger partial charge in [-0.1, -0.05) is 34.5 Å². The summed E-state index contributed by atoms with van der Waals surface area (Å²) < 4.78 is 1.03. The first-order valence-electron chi connectivity index (χ1n) is 7.65. The first kappa shape index (κ1) is 16.2. The molecule has 0 atom stereocenters. The molecule has 0 aromatic heterocycles. The predicted octanol–water partition coefficient (Wildman–Crippen LogP) is 1.75. The normalized spacial score (nSPS) is 17.4. The van der Waals surface area contributed by atoms with Crippen molar-refractivity contribution in [1.29, 1.82) is 0 Å². The molecule has 1 fully saturated rings. The number of carbonyl (C=O) groups excluding carboxylic acids is 1. The lowest BCUT2D eigenvalue weighted by molar-refractivity contribution is -0.893. The van der Waals surface area contributed by atoms with E-state index in [0.29, 0.717) is 6.54 Å². The van der Waals surface area contributed by atoms with Crippen LogP contribution < -0.4 is 10.3 Å². The minimum atomic E-state index is -0.000986. The summed E-state index contributed by atoms with van der Waals surface area (Å²) in [6.07, 6.45) is 8.07. The molecule has 4 nitrogen and oxygen atoms in total. The lowest BCUT2D eigenvalue weighted by Crippen LogP contribution is -3.13. The average molecular weight is 353 g/mol. The number of halogens is 1. The summed E-state index contributed by atoms with van der Waals surface area (Å²) in [6.45, 7) is 2.73. The van der Waals surface area contributed by atoms with Crippen LogP contribution in [0.5, 0.6) is 0 Å². The molecule has 1 aromatic carbocycles. The van der Waals surface area contributed by atoms with Gasteiger partial charge in [0.2, 0.25) is 0 Å². The lowest BCUT2D eigenvalue weighted by Gasteiger charge is -2.20. The highest BCUT2D eigenvalue weighted by atomic mass is 79.9. The maximum absolute atomic E-state index is 11.9. The van der Waals surface area contributed by atoms with Crippen LogP contribution in [0.1, 0.15) is 37.7 Å². The largest absolute Gasteiger partial charge is 0.327 e. The summed E-state index contributed by atoms with van der Waals surface area (Å²) in [7, 11) is 0. The van der Waals surface area contributed by atoms with Crippen LogP contribution in [-0.4, -0.2) is 31.8 Å². The SMILES string of the molecule is O=C(C[NH+]1CCCCCCC1)N/N=C\c1ccc(Br)cc1. The van der Waals surface area contributed by atoms with Gasteiger partial charge in [0.05, 0.1) is 19.3 Å². The van der Waals surface area contributed by atoms with E-state index in [1.165, 1.54) is 37.0 Å². The number of amides is 1. The van der Waals surface area contributed by atoms with E-state index in [0.717, 1.165) is 23.1 Å². The number of hydrogen-bond acceptors (Lipinski definition) is 2. The molecule has 0 unspecified atom stereocenters. The van der Waals surface area contributed by atoms with Crippen LogP contribution in [0.2, 0.25) is 0 Å². The zero-order valence-electron chi connectivity index (χ0n) is 12.3. The average Bonchev–Trinajstić information content (AvgIpc) is 2.44. The van der Waals surface area contributed by atoms with Gasteiger partial charge in [-0.15, -0.1) is 0 Å². The number of quaternary nitrogens is 1. The smallest absolute Gasteiger partial charge is 0.295 e. The van der Waals surface area contributed by atoms with Crippen LogP contribution in [-0.2, 0) is 4.79 Å². The molecule has 1 aromatic rings. The lowest BCUT2D eigenvalue weighted by atomic mass is 10.1. The van der Waals surface area contributed by atoms with Crippen molar-refractivity contribution in [2.45, 2.75) is 32.1 Å². The Morgan fingerprint density at radius 3 is 2.43 bits per heavy atom. The molecule has 1 heterocycles. The Labute approximate surface area is 134 Å². The van der Waals surface area contributed by atoms with E-state index in [9.17, 15) is 4.79 Å². The number of nitrogens with one attached hydrogen (secondary N) is 2. The summed E-state index contributed by atoms with van der Waals surface area (Å²) in [5.41, 5.74) is 3.60. The predicted molar refractivity (Wildman–Crippen MR) is 88.5 cm³/mol. The fraction of sp³-hybridized carbons (Fsp3) is 0.500. The zero-order chi connectivity index (χ0) is 14.9. The van der Waals surface area contributed by atoms with Crippen LogP contribution in [0.4, 0.5) is 0 Å². The molecule has 2 rings (SSSR count). The van der Waals surface area contributed by atoms with E-state index in [2.05, 4.69) is 26.5 Å². The number of benzene rings is 1. The van der Waals surface area contributed by atoms with Crippen molar-refractivity contribution in [3.05, 3.63) is 34.3 Å². The van der Waals surface area contributed by atoms with Gasteiger partial charge in [-0.2, -0.15) is 5.10 Å². The molecule has 2 N–H and O–H groups in total. The zero-order valence-corrected chi connectivity index (χ0v) is 13.9. The van der Waals surface area contributed by atoms with Crippen molar-refractivity contribution < 1.29 is 9.69 Å². The van der Waals surface area contributed by atoms with Crippen LogP contribution in [0.3, 0.4) is 0 Å². The quantitative estimate of drug-likeness (QED) is 0.629. The minimum Gasteiger partial charge on any atom is -0.327 e. The summed E-state index contributed by atoms with van der Waals surface area (Å²) in [5, 5.41) is 4.03. The minimum absolute atomic E-state index is 0.000986. The first-order valence-corrected chi connectivity index (χ1v) is 8.44. The number of hydrogen-bond donors (Lipinski definition) is 2. The fourth-order valence-electron chi connectivity index (χ4n) is 2.58. The molecular formula is C16H23BrN3O+. The van der Waals surface area contributed by atoms with Crippen molar-refractivity contribution >= 4 is 28.1 Å². The molecule has 0 aliphatic carbocycles. The van der Waals surface area contributed by atoms with Gasteiger partial charge in [-0.3, -0.25) is 4.79 Å². The van der Waals surface area contributed by atoms with Gasteiger partial charge in [0.1, 0.15) is 0 Å². The van der Waals surface area contributed by atoms with Crippen LogP contribution >= 0.6 is 15.9 Å². The third kappa shape index (κ3) is 6.40. The third-order valence-electron chi connectivity index (χ3n) is 3.74. The summed E-state index contributed by atoms with van der Waals surface area (Å²) in [6, 6.07) is 7.80. The topological polar surface area (TPSA) is 45.9 Å². The van der Waals surface area contributed by atoms with Crippen LogP contribution in [0.25, 0.3) is 0 Å². The molecule has 0 bridgehead atoms. The maximum Gasteiger partial charge on any atom is 0.295 e. The Hall–Kier alpha value is -1.20. The fourth-order valence-corrected chi connectivity index (χ4v) is 2.84. The van der Waals surface area contributed by atoms with Crippen LogP contribution in [0, 0.1) is 0 Å². The molecule has 0 saturated carbocycles. The highest BCUT2D eigenvalue weighted by Gasteiger charge is 2.14. The van der Waals surface area contributed by atoms with Crippen molar-refractivity contribution in [2.24, 2.45) is 5.10 Å². The summed E-state index contributed by atoms with van der Waals surface area (Å²) in [5.74, 6) is -0.000986. The molecule has 21 heavy (non-hydrogen) atoms. The Balaban J connectivity index is 1.74. The van der Waals surface area contributed by atoms with E-state index in [-0.39, 0.29) is 5.91 Å². The van der Waals surface area contributed by atoms with Gasteiger partial charge in [0, 0.05) is 4.47 Å². The van der Waals surface area contributed by atoms with Crippen molar-refractivity contribution in [1.82, 2.24) is 5.43 Å². The molecule has 0 spiro atoms. The second-order valence-electron chi connectivity index (χ2n) is 5.54. The van der Waals surface area contributed by atoms with Crippen molar-refractivity contribution in [2.75, 3.05) is 19.6 Å². The van der Waals surface area contributed by atoms with Gasteiger partial charge in [0.25, 0.3) is 5.91 Å². The van der Waals surface area contributed by atoms with Gasteiger partial charge in [-0.25, -0.2) is 5.43 Å². The molecule has 1 saturated heterocycles. The van der Waals surface area contributed by atoms with Gasteiger partial charge in [0.15, 0.2) is 6.54 Å². The second kappa shape index (κ2) is 8.95. The maximum atomic E-state index is 11.9. The van der Waals surface area contributed by atoms with E-state index < -0.39 is 0 Å². The number of carbonyl (C=O) groups is 1. The molecule has 1 aliphatic rings. The highest BCUT2D eigenvalue weighted by molar-refractivity contribution is 9.10. The van der Waals surface area contributed by atoms with E-state index >= 15 is 0 Å². The monoisotopic (exact) mass is 352 g/mol. The van der Waals surface area contributed by atoms with E-state index in [1.807, 2.05) is 24.3 Å². The molecule has 5 heteroatoms. The van der Waals surface area contributed by atoms with Crippen LogP contribution in [0.15, 0.2) is 33.8 Å². The van der Waals surface area contributed by atoms with Crippen molar-refractivity contribution in [3.8, 4) is 0 Å². The second-order valence-corrected chi connectivity index (χ2v) is 6.45. The van der Waals surface area contributed by atoms with Gasteiger partial charge >= 0.3 is 0 Å². The first-order chi connectivity index (χ1) is 10.2. The third-order valence-corrected chi connectivity index (χ3v) is 4.27. The Bertz CT molecular complexity index is 465. The Kier molecular flexibility index (Phi) is 6.89. The molecule has 0 radical (unpaired) electrons. The van der Waals surface area contributed by atoms with E-state index in [1.54, 1.807) is 6.21 Å². The van der Waals surface area contributed by atoms with Gasteiger partial charge < -0.3 is 4.90 Å². The van der Waals surface area contributed by atoms with Gasteiger partial charge in [-0.05, 0) is 43.4 Å². The summed E-state index contributed by atoms with van der Waals surface area (Å²) >= 11 is 3.39. The summed E-state index contributed by atoms with van der Waals surface area (Å²) in [4.78, 5) is 13.3. The Morgan fingerprint density at radius 2 is 1.76 bits per heavy atom. The molecule has 114 valence electrons. The molecule has 1 aliphatic heterocycles.